The molecule has 0 aliphatic carbocycles. The van der Waals surface area contributed by atoms with E-state index in [4.69, 9.17) is 0 Å². The smallest absolute Gasteiger partial charge is 0.194 e. The number of piperazine rings is 1. The second-order valence-electron chi connectivity index (χ2n) is 5.20. The maximum absolute atomic E-state index is 13.0. The lowest BCUT2D eigenvalue weighted by molar-refractivity contribution is 0.154. The molecule has 0 saturated carbocycles. The third-order valence-electron chi connectivity index (χ3n) is 3.57. The Kier molecular flexibility index (Phi) is 5.39. The van der Waals surface area contributed by atoms with Crippen molar-refractivity contribution >= 4 is 0 Å². The van der Waals surface area contributed by atoms with Crippen LogP contribution in [-0.2, 0) is 6.54 Å². The Balaban J connectivity index is 1.71. The Bertz CT molecular complexity index is 422. The zero-order valence-electron chi connectivity index (χ0n) is 11.6. The minimum Gasteiger partial charge on any atom is -0.311 e. The summed E-state index contributed by atoms with van der Waals surface area (Å²) < 4.78 is 38.8. The van der Waals surface area contributed by atoms with Gasteiger partial charge in [-0.15, -0.1) is 0 Å². The molecule has 0 amide bonds. The summed E-state index contributed by atoms with van der Waals surface area (Å²) in [6.07, 6.45) is 0. The highest BCUT2D eigenvalue weighted by Gasteiger charge is 2.13. The Labute approximate surface area is 117 Å². The van der Waals surface area contributed by atoms with Gasteiger partial charge in [-0.1, -0.05) is 0 Å². The van der Waals surface area contributed by atoms with Crippen molar-refractivity contribution in [2.75, 3.05) is 46.3 Å². The highest BCUT2D eigenvalue weighted by Crippen LogP contribution is 2.13. The van der Waals surface area contributed by atoms with Crippen LogP contribution in [0.25, 0.3) is 0 Å². The first-order valence-electron chi connectivity index (χ1n) is 6.81. The molecule has 20 heavy (non-hydrogen) atoms. The van der Waals surface area contributed by atoms with E-state index in [0.717, 1.165) is 51.4 Å². The molecule has 0 unspecified atom stereocenters. The van der Waals surface area contributed by atoms with Crippen molar-refractivity contribution in [2.45, 2.75) is 6.54 Å². The van der Waals surface area contributed by atoms with Gasteiger partial charge in [-0.05, 0) is 24.7 Å². The third-order valence-corrected chi connectivity index (χ3v) is 3.57. The minimum absolute atomic E-state index is 0.335. The number of halogens is 3. The Hall–Kier alpha value is -1.11. The van der Waals surface area contributed by atoms with Gasteiger partial charge in [-0.25, -0.2) is 13.2 Å². The summed E-state index contributed by atoms with van der Waals surface area (Å²) in [5.41, 5.74) is 0.416. The van der Waals surface area contributed by atoms with Crippen LogP contribution in [0.2, 0.25) is 0 Å². The van der Waals surface area contributed by atoms with Gasteiger partial charge in [-0.3, -0.25) is 4.90 Å². The van der Waals surface area contributed by atoms with Crippen molar-refractivity contribution in [3.8, 4) is 0 Å². The summed E-state index contributed by atoms with van der Waals surface area (Å²) in [4.78, 5) is 4.63. The van der Waals surface area contributed by atoms with E-state index in [9.17, 15) is 13.2 Å². The van der Waals surface area contributed by atoms with E-state index in [2.05, 4.69) is 22.2 Å². The number of hydrogen-bond acceptors (Lipinski definition) is 3. The van der Waals surface area contributed by atoms with Gasteiger partial charge in [-0.2, -0.15) is 0 Å². The van der Waals surface area contributed by atoms with Gasteiger partial charge >= 0.3 is 0 Å². The number of rotatable bonds is 5. The highest BCUT2D eigenvalue weighted by atomic mass is 19.2. The standard InChI is InChI=1S/C14H20F3N3/c1-19-4-6-20(7-5-19)3-2-18-10-11-8-12(15)14(17)13(16)9-11/h8-9,18H,2-7,10H2,1H3. The maximum Gasteiger partial charge on any atom is 0.194 e. The summed E-state index contributed by atoms with van der Waals surface area (Å²) in [5.74, 6) is -3.69. The predicted octanol–water partition coefficient (Wildman–Crippen LogP) is 1.44. The largest absolute Gasteiger partial charge is 0.311 e. The van der Waals surface area contributed by atoms with Crippen LogP contribution in [0.1, 0.15) is 5.56 Å². The molecular weight excluding hydrogens is 267 g/mol. The van der Waals surface area contributed by atoms with E-state index in [1.54, 1.807) is 0 Å². The number of likely N-dealkylation sites (N-methyl/N-ethyl adjacent to an activating group) is 1. The van der Waals surface area contributed by atoms with Crippen molar-refractivity contribution in [2.24, 2.45) is 0 Å². The fourth-order valence-electron chi connectivity index (χ4n) is 2.25. The molecule has 0 bridgehead atoms. The molecule has 1 saturated heterocycles. The van der Waals surface area contributed by atoms with Crippen LogP contribution in [0.15, 0.2) is 12.1 Å². The lowest BCUT2D eigenvalue weighted by Crippen LogP contribution is -2.46. The monoisotopic (exact) mass is 287 g/mol. The molecule has 0 aromatic heterocycles. The van der Waals surface area contributed by atoms with Crippen LogP contribution in [0.5, 0.6) is 0 Å². The number of benzene rings is 1. The van der Waals surface area contributed by atoms with Crippen LogP contribution in [-0.4, -0.2) is 56.1 Å². The lowest BCUT2D eigenvalue weighted by atomic mass is 10.2. The summed E-state index contributed by atoms with van der Waals surface area (Å²) in [6, 6.07) is 2.06. The van der Waals surface area contributed by atoms with Gasteiger partial charge < -0.3 is 10.2 Å². The average Bonchev–Trinajstić information content (AvgIpc) is 2.43. The molecule has 1 N–H and O–H groups in total. The number of nitrogens with one attached hydrogen (secondary N) is 1. The summed E-state index contributed by atoms with van der Waals surface area (Å²) in [7, 11) is 2.10. The van der Waals surface area contributed by atoms with Crippen LogP contribution in [0, 0.1) is 17.5 Å². The van der Waals surface area contributed by atoms with Gasteiger partial charge in [0.1, 0.15) is 0 Å². The molecule has 1 aromatic rings. The first-order valence-corrected chi connectivity index (χ1v) is 6.81. The van der Waals surface area contributed by atoms with Crippen LogP contribution in [0.4, 0.5) is 13.2 Å². The second kappa shape index (κ2) is 7.06. The van der Waals surface area contributed by atoms with Crippen LogP contribution in [0.3, 0.4) is 0 Å². The van der Waals surface area contributed by atoms with Crippen LogP contribution >= 0.6 is 0 Å². The van der Waals surface area contributed by atoms with E-state index in [0.29, 0.717) is 12.1 Å². The molecule has 2 rings (SSSR count). The molecular formula is C14H20F3N3. The summed E-state index contributed by atoms with van der Waals surface area (Å²) >= 11 is 0. The highest BCUT2D eigenvalue weighted by molar-refractivity contribution is 5.19. The molecule has 112 valence electrons. The van der Waals surface area contributed by atoms with E-state index in [-0.39, 0.29) is 0 Å². The molecule has 6 heteroatoms. The van der Waals surface area contributed by atoms with Gasteiger partial charge in [0.15, 0.2) is 17.5 Å². The summed E-state index contributed by atoms with van der Waals surface area (Å²) in [6.45, 7) is 6.19. The first kappa shape index (κ1) is 15.3. The van der Waals surface area contributed by atoms with E-state index < -0.39 is 17.5 Å². The van der Waals surface area contributed by atoms with Crippen molar-refractivity contribution in [1.82, 2.24) is 15.1 Å². The van der Waals surface area contributed by atoms with E-state index in [1.807, 2.05) is 0 Å². The fraction of sp³-hybridized carbons (Fsp3) is 0.571. The predicted molar refractivity (Wildman–Crippen MR) is 72.0 cm³/mol. The van der Waals surface area contributed by atoms with Crippen LogP contribution < -0.4 is 5.32 Å². The molecule has 1 heterocycles. The van der Waals surface area contributed by atoms with E-state index in [1.165, 1.54) is 0 Å². The molecule has 1 aliphatic rings. The third kappa shape index (κ3) is 4.19. The van der Waals surface area contributed by atoms with Crippen molar-refractivity contribution < 1.29 is 13.2 Å². The zero-order valence-corrected chi connectivity index (χ0v) is 11.6. The lowest BCUT2D eigenvalue weighted by Gasteiger charge is -2.32. The Morgan fingerprint density at radius 3 is 2.25 bits per heavy atom. The van der Waals surface area contributed by atoms with Crippen molar-refractivity contribution in [3.63, 3.8) is 0 Å². The fourth-order valence-corrected chi connectivity index (χ4v) is 2.25. The number of hydrogen-bond donors (Lipinski definition) is 1. The number of nitrogens with zero attached hydrogens (tertiary/aromatic N) is 2. The van der Waals surface area contributed by atoms with Gasteiger partial charge in [0, 0.05) is 45.8 Å². The second-order valence-corrected chi connectivity index (χ2v) is 5.20. The Morgan fingerprint density at radius 1 is 1.05 bits per heavy atom. The zero-order chi connectivity index (χ0) is 14.5. The SMILES string of the molecule is CN1CCN(CCNCc2cc(F)c(F)c(F)c2)CC1. The average molecular weight is 287 g/mol. The van der Waals surface area contributed by atoms with Gasteiger partial charge in [0.05, 0.1) is 0 Å². The molecule has 0 radical (unpaired) electrons. The normalized spacial score (nSPS) is 17.6. The minimum atomic E-state index is -1.41. The van der Waals surface area contributed by atoms with Crippen molar-refractivity contribution in [1.29, 1.82) is 0 Å². The molecule has 1 fully saturated rings. The van der Waals surface area contributed by atoms with Gasteiger partial charge in [0.2, 0.25) is 0 Å². The molecule has 3 nitrogen and oxygen atoms in total. The quantitative estimate of drug-likeness (QED) is 0.653. The molecule has 1 aliphatic heterocycles. The Morgan fingerprint density at radius 2 is 1.65 bits per heavy atom. The van der Waals surface area contributed by atoms with Gasteiger partial charge in [0.25, 0.3) is 0 Å². The first-order chi connectivity index (χ1) is 9.56. The van der Waals surface area contributed by atoms with E-state index >= 15 is 0 Å². The summed E-state index contributed by atoms with van der Waals surface area (Å²) in [5, 5.41) is 3.12. The van der Waals surface area contributed by atoms with Crippen molar-refractivity contribution in [3.05, 3.63) is 35.1 Å². The maximum atomic E-state index is 13.0. The molecule has 0 atom stereocenters. The molecule has 0 spiro atoms. The topological polar surface area (TPSA) is 18.5 Å². The molecule has 1 aromatic carbocycles.